The average molecular weight is 239 g/mol. The Morgan fingerprint density at radius 1 is 1.00 bits per heavy atom. The number of imidazole rings is 1. The van der Waals surface area contributed by atoms with Gasteiger partial charge in [-0.3, -0.25) is 9.97 Å². The van der Waals surface area contributed by atoms with E-state index < -0.39 is 0 Å². The number of aromatic amines is 1. The van der Waals surface area contributed by atoms with Crippen LogP contribution in [0.1, 0.15) is 0 Å². The number of nitrogens with one attached hydrogen (secondary N) is 1. The van der Waals surface area contributed by atoms with Gasteiger partial charge in [0.05, 0.1) is 17.5 Å². The summed E-state index contributed by atoms with van der Waals surface area (Å²) in [5.74, 6) is 0.453. The Hall–Kier alpha value is -2.76. The first kappa shape index (κ1) is 10.4. The third kappa shape index (κ3) is 1.69. The maximum Gasteiger partial charge on any atom is 0.222 e. The highest BCUT2D eigenvalue weighted by Gasteiger charge is 2.15. The fourth-order valence-electron chi connectivity index (χ4n) is 1.74. The summed E-state index contributed by atoms with van der Waals surface area (Å²) < 4.78 is 0. The van der Waals surface area contributed by atoms with Crippen LogP contribution in [0.2, 0.25) is 0 Å². The fourth-order valence-corrected chi connectivity index (χ4v) is 1.74. The van der Waals surface area contributed by atoms with E-state index in [4.69, 9.17) is 0 Å². The number of aromatic nitrogens is 5. The first-order valence-electron chi connectivity index (χ1n) is 5.30. The van der Waals surface area contributed by atoms with Crippen LogP contribution in [0.25, 0.3) is 22.6 Å². The Morgan fingerprint density at radius 2 is 1.94 bits per heavy atom. The summed E-state index contributed by atoms with van der Waals surface area (Å²) in [6.45, 7) is 0. The van der Waals surface area contributed by atoms with Gasteiger partial charge in [-0.25, -0.2) is 9.97 Å². The molecular formula is C12H9N5O. The standard InChI is InChI=1S/C12H9N5O/c18-12-10(11-15-5-6-16-11)8(1-2-17-12)9-7-13-3-4-14-9/h1-7H,(H,15,16)(H,17,18). The predicted octanol–water partition coefficient (Wildman–Crippen LogP) is 1.63. The molecule has 0 spiro atoms. The van der Waals surface area contributed by atoms with Crippen LogP contribution in [0, 0.1) is 0 Å². The predicted molar refractivity (Wildman–Crippen MR) is 64.5 cm³/mol. The van der Waals surface area contributed by atoms with E-state index in [1.54, 1.807) is 37.1 Å². The van der Waals surface area contributed by atoms with Gasteiger partial charge in [0, 0.05) is 36.5 Å². The average Bonchev–Trinajstić information content (AvgIpc) is 2.93. The minimum absolute atomic E-state index is 0.0897. The normalized spacial score (nSPS) is 10.4. The molecule has 88 valence electrons. The van der Waals surface area contributed by atoms with Gasteiger partial charge in [0.2, 0.25) is 5.88 Å². The highest BCUT2D eigenvalue weighted by Crippen LogP contribution is 2.33. The Bertz CT molecular complexity index is 651. The number of aromatic hydroxyl groups is 1. The van der Waals surface area contributed by atoms with Gasteiger partial charge in [0.15, 0.2) is 0 Å². The van der Waals surface area contributed by atoms with Crippen LogP contribution in [0.15, 0.2) is 43.2 Å². The number of hydrogen-bond donors (Lipinski definition) is 2. The molecule has 0 saturated carbocycles. The van der Waals surface area contributed by atoms with Crippen molar-refractivity contribution < 1.29 is 5.11 Å². The zero-order valence-electron chi connectivity index (χ0n) is 9.28. The number of pyridine rings is 1. The van der Waals surface area contributed by atoms with Crippen LogP contribution in [0.4, 0.5) is 0 Å². The van der Waals surface area contributed by atoms with E-state index in [1.165, 1.54) is 6.20 Å². The molecule has 0 radical (unpaired) electrons. The lowest BCUT2D eigenvalue weighted by Gasteiger charge is -2.07. The number of H-pyrrole nitrogens is 1. The lowest BCUT2D eigenvalue weighted by Crippen LogP contribution is -1.92. The second-order valence-electron chi connectivity index (χ2n) is 3.59. The van der Waals surface area contributed by atoms with Crippen molar-refractivity contribution in [1.29, 1.82) is 0 Å². The second kappa shape index (κ2) is 4.25. The quantitative estimate of drug-likeness (QED) is 0.709. The van der Waals surface area contributed by atoms with Crippen LogP contribution in [-0.4, -0.2) is 30.0 Å². The smallest absolute Gasteiger partial charge is 0.222 e. The Labute approximate surface area is 102 Å². The topological polar surface area (TPSA) is 87.6 Å². The number of nitrogens with zero attached hydrogens (tertiary/aromatic N) is 4. The molecule has 0 atom stereocenters. The Morgan fingerprint density at radius 3 is 2.67 bits per heavy atom. The van der Waals surface area contributed by atoms with E-state index in [1.807, 2.05) is 0 Å². The van der Waals surface area contributed by atoms with Crippen LogP contribution >= 0.6 is 0 Å². The minimum Gasteiger partial charge on any atom is -0.493 e. The molecule has 0 aliphatic heterocycles. The van der Waals surface area contributed by atoms with Crippen molar-refractivity contribution in [2.75, 3.05) is 0 Å². The SMILES string of the molecule is Oc1nccc(-c2cnccn2)c1-c1ncc[nH]1. The van der Waals surface area contributed by atoms with E-state index in [2.05, 4.69) is 24.9 Å². The highest BCUT2D eigenvalue weighted by molar-refractivity contribution is 5.81. The van der Waals surface area contributed by atoms with E-state index in [0.29, 0.717) is 17.1 Å². The highest BCUT2D eigenvalue weighted by atomic mass is 16.3. The summed E-state index contributed by atoms with van der Waals surface area (Å²) >= 11 is 0. The molecular weight excluding hydrogens is 230 g/mol. The maximum absolute atomic E-state index is 9.91. The molecule has 18 heavy (non-hydrogen) atoms. The van der Waals surface area contributed by atoms with Crippen LogP contribution in [-0.2, 0) is 0 Å². The first-order valence-corrected chi connectivity index (χ1v) is 5.30. The number of rotatable bonds is 2. The Kier molecular flexibility index (Phi) is 2.45. The molecule has 0 aliphatic carbocycles. The summed E-state index contributed by atoms with van der Waals surface area (Å²) in [7, 11) is 0. The summed E-state index contributed by atoms with van der Waals surface area (Å²) in [4.78, 5) is 19.2. The van der Waals surface area contributed by atoms with E-state index in [0.717, 1.165) is 5.56 Å². The van der Waals surface area contributed by atoms with Crippen molar-refractivity contribution in [3.8, 4) is 28.5 Å². The summed E-state index contributed by atoms with van der Waals surface area (Å²) in [6, 6.07) is 1.77. The molecule has 0 fully saturated rings. The minimum atomic E-state index is -0.0897. The van der Waals surface area contributed by atoms with Crippen molar-refractivity contribution in [3.63, 3.8) is 0 Å². The molecule has 3 aromatic rings. The molecule has 0 aromatic carbocycles. The van der Waals surface area contributed by atoms with Gasteiger partial charge in [0.25, 0.3) is 0 Å². The monoisotopic (exact) mass is 239 g/mol. The van der Waals surface area contributed by atoms with E-state index in [9.17, 15) is 5.11 Å². The molecule has 0 unspecified atom stereocenters. The fraction of sp³-hybridized carbons (Fsp3) is 0. The van der Waals surface area contributed by atoms with Crippen molar-refractivity contribution >= 4 is 0 Å². The second-order valence-corrected chi connectivity index (χ2v) is 3.59. The maximum atomic E-state index is 9.91. The third-order valence-corrected chi connectivity index (χ3v) is 2.51. The molecule has 3 heterocycles. The third-order valence-electron chi connectivity index (χ3n) is 2.51. The number of hydrogen-bond acceptors (Lipinski definition) is 5. The van der Waals surface area contributed by atoms with E-state index in [-0.39, 0.29) is 5.88 Å². The van der Waals surface area contributed by atoms with E-state index >= 15 is 0 Å². The molecule has 3 rings (SSSR count). The van der Waals surface area contributed by atoms with Crippen molar-refractivity contribution in [1.82, 2.24) is 24.9 Å². The molecule has 6 heteroatoms. The Balaban J connectivity index is 2.25. The molecule has 3 aromatic heterocycles. The van der Waals surface area contributed by atoms with Crippen LogP contribution < -0.4 is 0 Å². The van der Waals surface area contributed by atoms with Gasteiger partial charge in [-0.05, 0) is 6.07 Å². The lowest BCUT2D eigenvalue weighted by molar-refractivity contribution is 0.455. The van der Waals surface area contributed by atoms with Gasteiger partial charge in [-0.2, -0.15) is 0 Å². The molecule has 0 amide bonds. The molecule has 0 saturated heterocycles. The van der Waals surface area contributed by atoms with Gasteiger partial charge in [-0.15, -0.1) is 0 Å². The molecule has 6 nitrogen and oxygen atoms in total. The molecule has 0 aliphatic rings. The summed E-state index contributed by atoms with van der Waals surface area (Å²) in [5, 5.41) is 9.91. The van der Waals surface area contributed by atoms with Gasteiger partial charge in [-0.1, -0.05) is 0 Å². The molecule has 0 bridgehead atoms. The largest absolute Gasteiger partial charge is 0.493 e. The van der Waals surface area contributed by atoms with Gasteiger partial charge in [0.1, 0.15) is 5.82 Å². The van der Waals surface area contributed by atoms with Crippen LogP contribution in [0.5, 0.6) is 5.88 Å². The zero-order valence-corrected chi connectivity index (χ0v) is 9.28. The molecule has 2 N–H and O–H groups in total. The lowest BCUT2D eigenvalue weighted by atomic mass is 10.1. The summed E-state index contributed by atoms with van der Waals surface area (Å²) in [6.07, 6.45) is 9.63. The van der Waals surface area contributed by atoms with Gasteiger partial charge < -0.3 is 10.1 Å². The van der Waals surface area contributed by atoms with Crippen LogP contribution in [0.3, 0.4) is 0 Å². The van der Waals surface area contributed by atoms with Crippen molar-refractivity contribution in [3.05, 3.63) is 43.2 Å². The van der Waals surface area contributed by atoms with Crippen molar-refractivity contribution in [2.45, 2.75) is 0 Å². The van der Waals surface area contributed by atoms with Gasteiger partial charge >= 0.3 is 0 Å². The van der Waals surface area contributed by atoms with Crippen molar-refractivity contribution in [2.24, 2.45) is 0 Å². The summed E-state index contributed by atoms with van der Waals surface area (Å²) in [5.41, 5.74) is 1.90. The zero-order chi connectivity index (χ0) is 12.4. The first-order chi connectivity index (χ1) is 8.86.